The Morgan fingerprint density at radius 1 is 1.14 bits per heavy atom. The van der Waals surface area contributed by atoms with Crippen LogP contribution in [0, 0.1) is 12.3 Å². The number of aryl methyl sites for hydroxylation is 1. The second-order valence-electron chi connectivity index (χ2n) is 10.6. The predicted octanol–water partition coefficient (Wildman–Crippen LogP) is 6.33. The first kappa shape index (κ1) is 25.4. The highest BCUT2D eigenvalue weighted by molar-refractivity contribution is 7.99. The minimum atomic E-state index is -0.377. The van der Waals surface area contributed by atoms with Gasteiger partial charge in [-0.05, 0) is 48.4 Å². The fourth-order valence-corrected chi connectivity index (χ4v) is 5.65. The number of Topliss-reactive ketones (excluding diaryl/α,β-unsaturated/α-hetero) is 1. The SMILES string of the molecule is CCCSc1nc2n(n1)C(c1ccc(OCc3ccc(C)cc3)c(OC)c1)C1=C(CC(C)(C)CC1=O)N2. The number of thioether (sulfide) groups is 1. The lowest BCUT2D eigenvalue weighted by Gasteiger charge is -2.38. The summed E-state index contributed by atoms with van der Waals surface area (Å²) in [4.78, 5) is 18.3. The lowest BCUT2D eigenvalue weighted by Crippen LogP contribution is -2.36. The van der Waals surface area contributed by atoms with E-state index in [1.165, 1.54) is 5.56 Å². The minimum absolute atomic E-state index is 0.110. The number of aromatic nitrogens is 3. The van der Waals surface area contributed by atoms with Crippen molar-refractivity contribution < 1.29 is 14.3 Å². The molecule has 3 aromatic rings. The van der Waals surface area contributed by atoms with Crippen molar-refractivity contribution in [2.24, 2.45) is 5.41 Å². The van der Waals surface area contributed by atoms with Crippen molar-refractivity contribution in [1.82, 2.24) is 14.8 Å². The lowest BCUT2D eigenvalue weighted by atomic mass is 9.73. The van der Waals surface area contributed by atoms with Crippen LogP contribution in [0.2, 0.25) is 0 Å². The van der Waals surface area contributed by atoms with Crippen LogP contribution in [0.3, 0.4) is 0 Å². The number of hydrogen-bond acceptors (Lipinski definition) is 7. The number of fused-ring (bicyclic) bond motifs is 1. The molecule has 1 aliphatic heterocycles. The number of allylic oxidation sites excluding steroid dienone is 2. The van der Waals surface area contributed by atoms with Gasteiger partial charge >= 0.3 is 0 Å². The molecule has 2 aliphatic rings. The monoisotopic (exact) mass is 518 g/mol. The van der Waals surface area contributed by atoms with Crippen LogP contribution in [-0.2, 0) is 11.4 Å². The third-order valence-corrected chi connectivity index (χ3v) is 7.81. The van der Waals surface area contributed by atoms with Gasteiger partial charge in [-0.15, -0.1) is 5.10 Å². The number of methoxy groups -OCH3 is 1. The van der Waals surface area contributed by atoms with E-state index in [9.17, 15) is 4.79 Å². The lowest BCUT2D eigenvalue weighted by molar-refractivity contribution is -0.118. The number of hydrogen-bond donors (Lipinski definition) is 1. The highest BCUT2D eigenvalue weighted by Gasteiger charge is 2.42. The molecule has 8 heteroatoms. The van der Waals surface area contributed by atoms with Crippen LogP contribution >= 0.6 is 11.8 Å². The van der Waals surface area contributed by atoms with E-state index in [4.69, 9.17) is 19.6 Å². The second kappa shape index (κ2) is 10.2. The molecule has 0 spiro atoms. The number of benzene rings is 2. The Hall–Kier alpha value is -3.26. The zero-order valence-corrected chi connectivity index (χ0v) is 22.9. The standard InChI is InChI=1S/C29H34N4O3S/c1-6-13-37-28-31-27-30-21-15-29(3,4)16-22(34)25(21)26(33(27)32-28)20-11-12-23(24(14-20)35-5)36-17-19-9-7-18(2)8-10-19/h7-12,14,26H,6,13,15-17H2,1-5H3,(H,30,31,32). The van der Waals surface area contributed by atoms with Gasteiger partial charge < -0.3 is 14.8 Å². The number of nitrogens with zero attached hydrogens (tertiary/aromatic N) is 3. The third-order valence-electron chi connectivity index (χ3n) is 6.77. The molecule has 194 valence electrons. The summed E-state index contributed by atoms with van der Waals surface area (Å²) >= 11 is 1.63. The first-order valence-corrected chi connectivity index (χ1v) is 13.8. The highest BCUT2D eigenvalue weighted by atomic mass is 32.2. The summed E-state index contributed by atoms with van der Waals surface area (Å²) in [6.45, 7) is 8.92. The number of carbonyl (C=O) groups is 1. The molecule has 1 aliphatic carbocycles. The number of anilines is 1. The number of ether oxygens (including phenoxy) is 2. The van der Waals surface area contributed by atoms with Crippen molar-refractivity contribution in [2.75, 3.05) is 18.2 Å². The van der Waals surface area contributed by atoms with Gasteiger partial charge in [0.2, 0.25) is 11.1 Å². The maximum absolute atomic E-state index is 13.5. The first-order chi connectivity index (χ1) is 17.8. The van der Waals surface area contributed by atoms with E-state index in [0.717, 1.165) is 41.0 Å². The van der Waals surface area contributed by atoms with E-state index in [1.807, 2.05) is 22.9 Å². The summed E-state index contributed by atoms with van der Waals surface area (Å²) in [7, 11) is 1.64. The number of nitrogens with one attached hydrogen (secondary N) is 1. The average molecular weight is 519 g/mol. The highest BCUT2D eigenvalue weighted by Crippen LogP contribution is 2.46. The van der Waals surface area contributed by atoms with Gasteiger partial charge in [-0.1, -0.05) is 68.4 Å². The minimum Gasteiger partial charge on any atom is -0.493 e. The van der Waals surface area contributed by atoms with Gasteiger partial charge in [0.15, 0.2) is 17.3 Å². The molecule has 1 atom stereocenters. The predicted molar refractivity (Wildman–Crippen MR) is 146 cm³/mol. The summed E-state index contributed by atoms with van der Waals surface area (Å²) < 4.78 is 13.7. The Balaban J connectivity index is 1.51. The Kier molecular flexibility index (Phi) is 7.03. The van der Waals surface area contributed by atoms with E-state index < -0.39 is 0 Å². The third kappa shape index (κ3) is 5.25. The molecule has 0 radical (unpaired) electrons. The maximum atomic E-state index is 13.5. The second-order valence-corrected chi connectivity index (χ2v) is 11.6. The van der Waals surface area contributed by atoms with Gasteiger partial charge in [0.1, 0.15) is 12.6 Å². The maximum Gasteiger partial charge on any atom is 0.227 e. The van der Waals surface area contributed by atoms with Gasteiger partial charge in [0.25, 0.3) is 0 Å². The Bertz CT molecular complexity index is 1340. The Labute approximate surface area is 222 Å². The van der Waals surface area contributed by atoms with Crippen molar-refractivity contribution in [3.8, 4) is 11.5 Å². The average Bonchev–Trinajstić information content (AvgIpc) is 3.27. The molecule has 5 rings (SSSR count). The summed E-state index contributed by atoms with van der Waals surface area (Å²) in [5.41, 5.74) is 4.81. The molecule has 0 bridgehead atoms. The number of ketones is 1. The molecule has 7 nitrogen and oxygen atoms in total. The number of carbonyl (C=O) groups excluding carboxylic acids is 1. The van der Waals surface area contributed by atoms with Crippen molar-refractivity contribution >= 4 is 23.5 Å². The van der Waals surface area contributed by atoms with Crippen LogP contribution in [-0.4, -0.2) is 33.4 Å². The van der Waals surface area contributed by atoms with Gasteiger partial charge in [-0.25, -0.2) is 4.68 Å². The van der Waals surface area contributed by atoms with E-state index >= 15 is 0 Å². The van der Waals surface area contributed by atoms with Crippen LogP contribution in [0.25, 0.3) is 0 Å². The van der Waals surface area contributed by atoms with Crippen molar-refractivity contribution in [1.29, 1.82) is 0 Å². The summed E-state index contributed by atoms with van der Waals surface area (Å²) in [6.07, 6.45) is 2.32. The van der Waals surface area contributed by atoms with Gasteiger partial charge in [0.05, 0.1) is 7.11 Å². The fourth-order valence-electron chi connectivity index (χ4n) is 4.97. The van der Waals surface area contributed by atoms with Crippen molar-refractivity contribution in [3.05, 3.63) is 70.4 Å². The molecule has 0 amide bonds. The van der Waals surface area contributed by atoms with Crippen LogP contribution in [0.5, 0.6) is 11.5 Å². The fraction of sp³-hybridized carbons (Fsp3) is 0.414. The van der Waals surface area contributed by atoms with Crippen molar-refractivity contribution in [3.63, 3.8) is 0 Å². The van der Waals surface area contributed by atoms with Crippen LogP contribution in [0.15, 0.2) is 58.9 Å². The van der Waals surface area contributed by atoms with Gasteiger partial charge in [-0.3, -0.25) is 4.79 Å². The van der Waals surface area contributed by atoms with E-state index in [-0.39, 0.29) is 17.2 Å². The molecule has 1 N–H and O–H groups in total. The molecular weight excluding hydrogens is 484 g/mol. The van der Waals surface area contributed by atoms with Crippen molar-refractivity contribution in [2.45, 2.75) is 64.8 Å². The van der Waals surface area contributed by atoms with Gasteiger partial charge in [-0.2, -0.15) is 4.98 Å². The Morgan fingerprint density at radius 2 is 1.92 bits per heavy atom. The normalized spacial score (nSPS) is 18.2. The molecule has 37 heavy (non-hydrogen) atoms. The molecule has 2 aromatic carbocycles. The summed E-state index contributed by atoms with van der Waals surface area (Å²) in [5.74, 6) is 3.03. The largest absolute Gasteiger partial charge is 0.493 e. The Morgan fingerprint density at radius 3 is 2.65 bits per heavy atom. The molecule has 1 unspecified atom stereocenters. The van der Waals surface area contributed by atoms with E-state index in [2.05, 4.69) is 57.3 Å². The topological polar surface area (TPSA) is 78.3 Å². The molecule has 1 aromatic heterocycles. The molecular formula is C29H34N4O3S. The molecule has 2 heterocycles. The van der Waals surface area contributed by atoms with Crippen LogP contribution < -0.4 is 14.8 Å². The first-order valence-electron chi connectivity index (χ1n) is 12.8. The summed E-state index contributed by atoms with van der Waals surface area (Å²) in [5, 5.41) is 8.97. The zero-order chi connectivity index (χ0) is 26.2. The molecule has 0 fully saturated rings. The van der Waals surface area contributed by atoms with Crippen LogP contribution in [0.4, 0.5) is 5.95 Å². The molecule has 0 saturated heterocycles. The van der Waals surface area contributed by atoms with E-state index in [1.54, 1.807) is 18.9 Å². The quantitative estimate of drug-likeness (QED) is 0.349. The summed E-state index contributed by atoms with van der Waals surface area (Å²) in [6, 6.07) is 13.8. The van der Waals surface area contributed by atoms with Crippen LogP contribution in [0.1, 0.15) is 62.8 Å². The smallest absolute Gasteiger partial charge is 0.227 e. The van der Waals surface area contributed by atoms with E-state index in [0.29, 0.717) is 35.6 Å². The molecule has 0 saturated carbocycles. The number of rotatable bonds is 8. The van der Waals surface area contributed by atoms with Gasteiger partial charge in [0, 0.05) is 23.4 Å². The zero-order valence-electron chi connectivity index (χ0n) is 22.1.